The molecule has 27 heavy (non-hydrogen) atoms. The van der Waals surface area contributed by atoms with E-state index in [0.717, 1.165) is 35.8 Å². The van der Waals surface area contributed by atoms with Crippen LogP contribution in [0.5, 0.6) is 11.5 Å². The number of fused-ring (bicyclic) bond motifs is 1. The van der Waals surface area contributed by atoms with Gasteiger partial charge in [-0.3, -0.25) is 4.79 Å². The van der Waals surface area contributed by atoms with E-state index >= 15 is 0 Å². The molecule has 6 heteroatoms. The van der Waals surface area contributed by atoms with Crippen LogP contribution in [0.25, 0.3) is 0 Å². The molecule has 0 saturated carbocycles. The summed E-state index contributed by atoms with van der Waals surface area (Å²) in [6.45, 7) is 3.91. The average Bonchev–Trinajstić information content (AvgIpc) is 3.20. The summed E-state index contributed by atoms with van der Waals surface area (Å²) >= 11 is 0. The quantitative estimate of drug-likeness (QED) is 0.876. The number of nitrogens with zero attached hydrogens (tertiary/aromatic N) is 2. The van der Waals surface area contributed by atoms with Gasteiger partial charge < -0.3 is 19.7 Å². The van der Waals surface area contributed by atoms with Gasteiger partial charge in [0.25, 0.3) is 5.91 Å². The van der Waals surface area contributed by atoms with E-state index < -0.39 is 0 Å². The highest BCUT2D eigenvalue weighted by Crippen LogP contribution is 2.32. The summed E-state index contributed by atoms with van der Waals surface area (Å²) < 4.78 is 10.7. The smallest absolute Gasteiger partial charge is 0.251 e. The average molecular weight is 367 g/mol. The lowest BCUT2D eigenvalue weighted by Gasteiger charge is -2.36. The minimum Gasteiger partial charge on any atom is -0.454 e. The molecule has 1 aromatic heterocycles. The van der Waals surface area contributed by atoms with Gasteiger partial charge in [-0.25, -0.2) is 4.98 Å². The van der Waals surface area contributed by atoms with Crippen molar-refractivity contribution in [1.29, 1.82) is 0 Å². The zero-order chi connectivity index (χ0) is 18.6. The van der Waals surface area contributed by atoms with E-state index in [2.05, 4.69) is 22.1 Å². The first kappa shape index (κ1) is 17.6. The summed E-state index contributed by atoms with van der Waals surface area (Å²) in [4.78, 5) is 19.5. The number of hydrogen-bond donors (Lipinski definition) is 1. The normalized spacial score (nSPS) is 18.4. The molecule has 0 radical (unpaired) electrons. The van der Waals surface area contributed by atoms with Crippen molar-refractivity contribution >= 4 is 11.7 Å². The second-order valence-corrected chi connectivity index (χ2v) is 7.02. The van der Waals surface area contributed by atoms with Crippen LogP contribution in [-0.4, -0.2) is 30.3 Å². The molecule has 0 aliphatic carbocycles. The van der Waals surface area contributed by atoms with Crippen LogP contribution in [0.2, 0.25) is 0 Å². The molecule has 0 bridgehead atoms. The Hall–Kier alpha value is -2.76. The van der Waals surface area contributed by atoms with Gasteiger partial charge in [-0.1, -0.05) is 13.0 Å². The fourth-order valence-electron chi connectivity index (χ4n) is 3.78. The number of rotatable bonds is 5. The van der Waals surface area contributed by atoms with Crippen LogP contribution in [-0.2, 0) is 6.54 Å². The molecule has 2 aliphatic heterocycles. The number of piperidine rings is 1. The first-order chi connectivity index (χ1) is 13.2. The minimum absolute atomic E-state index is 0.0959. The molecular formula is C21H25N3O3. The molecule has 1 atom stereocenters. The lowest BCUT2D eigenvalue weighted by Crippen LogP contribution is -2.39. The maximum atomic E-state index is 12.6. The Labute approximate surface area is 159 Å². The molecule has 1 fully saturated rings. The van der Waals surface area contributed by atoms with Crippen molar-refractivity contribution in [2.24, 2.45) is 0 Å². The predicted molar refractivity (Wildman–Crippen MR) is 103 cm³/mol. The SMILES string of the molecule is CCC1CCCCN1c1cc(C(=O)NCc2ccc3c(c2)OCO3)ccn1. The number of amides is 1. The van der Waals surface area contributed by atoms with E-state index in [4.69, 9.17) is 9.47 Å². The fraction of sp³-hybridized carbons (Fsp3) is 0.429. The van der Waals surface area contributed by atoms with Gasteiger partial charge in [0.05, 0.1) is 0 Å². The number of aromatic nitrogens is 1. The number of ether oxygens (including phenoxy) is 2. The highest BCUT2D eigenvalue weighted by molar-refractivity contribution is 5.94. The van der Waals surface area contributed by atoms with Crippen molar-refractivity contribution in [3.05, 3.63) is 47.7 Å². The second-order valence-electron chi connectivity index (χ2n) is 7.02. The summed E-state index contributed by atoms with van der Waals surface area (Å²) in [6, 6.07) is 9.89. The Bertz CT molecular complexity index is 824. The van der Waals surface area contributed by atoms with E-state index in [0.29, 0.717) is 18.2 Å². The maximum Gasteiger partial charge on any atom is 0.251 e. The Balaban J connectivity index is 1.43. The Morgan fingerprint density at radius 1 is 1.22 bits per heavy atom. The van der Waals surface area contributed by atoms with Crippen molar-refractivity contribution in [1.82, 2.24) is 10.3 Å². The molecule has 1 aromatic carbocycles. The minimum atomic E-state index is -0.0959. The summed E-state index contributed by atoms with van der Waals surface area (Å²) in [6.07, 6.45) is 6.47. The zero-order valence-corrected chi connectivity index (χ0v) is 15.6. The number of hydrogen-bond acceptors (Lipinski definition) is 5. The van der Waals surface area contributed by atoms with Crippen LogP contribution in [0.3, 0.4) is 0 Å². The van der Waals surface area contributed by atoms with Gasteiger partial charge in [-0.2, -0.15) is 0 Å². The highest BCUT2D eigenvalue weighted by atomic mass is 16.7. The molecular weight excluding hydrogens is 342 g/mol. The summed E-state index contributed by atoms with van der Waals surface area (Å²) in [5.74, 6) is 2.28. The van der Waals surface area contributed by atoms with Crippen molar-refractivity contribution in [3.8, 4) is 11.5 Å². The Kier molecular flexibility index (Phi) is 5.14. The van der Waals surface area contributed by atoms with Crippen molar-refractivity contribution in [2.75, 3.05) is 18.2 Å². The summed E-state index contributed by atoms with van der Waals surface area (Å²) in [5.41, 5.74) is 1.62. The molecule has 3 heterocycles. The van der Waals surface area contributed by atoms with Crippen LogP contribution >= 0.6 is 0 Å². The van der Waals surface area contributed by atoms with Gasteiger partial charge in [0, 0.05) is 30.9 Å². The first-order valence-electron chi connectivity index (χ1n) is 9.64. The number of nitrogens with one attached hydrogen (secondary N) is 1. The summed E-state index contributed by atoms with van der Waals surface area (Å²) in [5, 5.41) is 2.98. The lowest BCUT2D eigenvalue weighted by atomic mass is 10.00. The molecule has 142 valence electrons. The number of carbonyl (C=O) groups excluding carboxylic acids is 1. The van der Waals surface area contributed by atoms with Crippen molar-refractivity contribution in [2.45, 2.75) is 45.2 Å². The first-order valence-corrected chi connectivity index (χ1v) is 9.64. The monoisotopic (exact) mass is 367 g/mol. The van der Waals surface area contributed by atoms with E-state index in [1.165, 1.54) is 19.3 Å². The summed E-state index contributed by atoms with van der Waals surface area (Å²) in [7, 11) is 0. The van der Waals surface area contributed by atoms with E-state index in [1.807, 2.05) is 24.3 Å². The zero-order valence-electron chi connectivity index (χ0n) is 15.6. The van der Waals surface area contributed by atoms with E-state index in [9.17, 15) is 4.79 Å². The van der Waals surface area contributed by atoms with Crippen molar-refractivity contribution < 1.29 is 14.3 Å². The van der Waals surface area contributed by atoms with Gasteiger partial charge in [-0.15, -0.1) is 0 Å². The molecule has 1 unspecified atom stereocenters. The van der Waals surface area contributed by atoms with Gasteiger partial charge in [0.1, 0.15) is 5.82 Å². The number of carbonyl (C=O) groups is 1. The van der Waals surface area contributed by atoms with Gasteiger partial charge >= 0.3 is 0 Å². The topological polar surface area (TPSA) is 63.7 Å². The van der Waals surface area contributed by atoms with E-state index in [1.54, 1.807) is 12.3 Å². The molecule has 2 aliphatic rings. The number of anilines is 1. The largest absolute Gasteiger partial charge is 0.454 e. The molecule has 1 saturated heterocycles. The Morgan fingerprint density at radius 2 is 2.11 bits per heavy atom. The lowest BCUT2D eigenvalue weighted by molar-refractivity contribution is 0.0950. The van der Waals surface area contributed by atoms with Gasteiger partial charge in [0.2, 0.25) is 6.79 Å². The Morgan fingerprint density at radius 3 is 3.00 bits per heavy atom. The second kappa shape index (κ2) is 7.86. The third-order valence-corrected chi connectivity index (χ3v) is 5.29. The van der Waals surface area contributed by atoms with E-state index in [-0.39, 0.29) is 12.7 Å². The highest BCUT2D eigenvalue weighted by Gasteiger charge is 2.22. The van der Waals surface area contributed by atoms with Gasteiger partial charge in [0.15, 0.2) is 11.5 Å². The van der Waals surface area contributed by atoms with Crippen molar-refractivity contribution in [3.63, 3.8) is 0 Å². The molecule has 1 N–H and O–H groups in total. The number of pyridine rings is 1. The third-order valence-electron chi connectivity index (χ3n) is 5.29. The number of benzene rings is 1. The molecule has 6 nitrogen and oxygen atoms in total. The van der Waals surface area contributed by atoms with Crippen LogP contribution in [0.1, 0.15) is 48.5 Å². The molecule has 4 rings (SSSR count). The van der Waals surface area contributed by atoms with Gasteiger partial charge in [-0.05, 0) is 55.5 Å². The maximum absolute atomic E-state index is 12.6. The van der Waals surface area contributed by atoms with Crippen LogP contribution in [0.4, 0.5) is 5.82 Å². The molecule has 2 aromatic rings. The molecule has 0 spiro atoms. The van der Waals surface area contributed by atoms with Crippen LogP contribution in [0.15, 0.2) is 36.5 Å². The third kappa shape index (κ3) is 3.84. The van der Waals surface area contributed by atoms with Crippen LogP contribution < -0.4 is 19.7 Å². The fourth-order valence-corrected chi connectivity index (χ4v) is 3.78. The predicted octanol–water partition coefficient (Wildman–Crippen LogP) is 3.51. The standard InChI is InChI=1S/C21H25N3O3/c1-2-17-5-3-4-10-24(17)20-12-16(8-9-22-20)21(25)23-13-15-6-7-18-19(11-15)27-14-26-18/h6-9,11-12,17H,2-5,10,13-14H2,1H3,(H,23,25). The van der Waals surface area contributed by atoms with Crippen LogP contribution in [0, 0.1) is 0 Å². The molecule has 1 amide bonds.